The van der Waals surface area contributed by atoms with Gasteiger partial charge in [0.25, 0.3) is 0 Å². The van der Waals surface area contributed by atoms with Crippen molar-refractivity contribution in [3.63, 3.8) is 0 Å². The van der Waals surface area contributed by atoms with Gasteiger partial charge in [-0.05, 0) is 29.7 Å². The molecular formula is C32H32N6O. The van der Waals surface area contributed by atoms with Crippen LogP contribution >= 0.6 is 0 Å². The maximum atomic E-state index is 13.5. The van der Waals surface area contributed by atoms with Crippen LogP contribution in [0.2, 0.25) is 0 Å². The Labute approximate surface area is 228 Å². The fourth-order valence-corrected chi connectivity index (χ4v) is 5.39. The Balaban J connectivity index is 1.29. The zero-order chi connectivity index (χ0) is 26.6. The van der Waals surface area contributed by atoms with E-state index in [-0.39, 0.29) is 11.8 Å². The van der Waals surface area contributed by atoms with Crippen LogP contribution < -0.4 is 4.90 Å². The number of carbonyl (C=O) groups excluding carboxylic acids is 1. The molecule has 6 rings (SSSR count). The molecule has 0 radical (unpaired) electrons. The van der Waals surface area contributed by atoms with E-state index in [0.717, 1.165) is 45.9 Å². The summed E-state index contributed by atoms with van der Waals surface area (Å²) in [5.74, 6) is 1.74. The molecule has 3 aromatic carbocycles. The van der Waals surface area contributed by atoms with Crippen LogP contribution in [-0.2, 0) is 11.2 Å². The summed E-state index contributed by atoms with van der Waals surface area (Å²) in [4.78, 5) is 27.8. The monoisotopic (exact) mass is 516 g/mol. The summed E-state index contributed by atoms with van der Waals surface area (Å²) < 4.78 is 1.89. The summed E-state index contributed by atoms with van der Waals surface area (Å²) in [5.41, 5.74) is 4.01. The molecule has 5 aromatic rings. The van der Waals surface area contributed by atoms with Crippen molar-refractivity contribution in [1.82, 2.24) is 24.6 Å². The number of anilines is 1. The van der Waals surface area contributed by atoms with Gasteiger partial charge in [-0.1, -0.05) is 85.8 Å². The van der Waals surface area contributed by atoms with Crippen LogP contribution in [0.15, 0.2) is 97.2 Å². The average Bonchev–Trinajstić information content (AvgIpc) is 3.43. The Morgan fingerprint density at radius 1 is 0.821 bits per heavy atom. The molecule has 1 unspecified atom stereocenters. The highest BCUT2D eigenvalue weighted by Crippen LogP contribution is 2.29. The van der Waals surface area contributed by atoms with Crippen molar-refractivity contribution in [2.75, 3.05) is 31.1 Å². The van der Waals surface area contributed by atoms with Gasteiger partial charge in [0.05, 0.1) is 23.2 Å². The van der Waals surface area contributed by atoms with Gasteiger partial charge < -0.3 is 9.80 Å². The number of fused-ring (bicyclic) bond motifs is 1. The molecule has 0 bridgehead atoms. The average molecular weight is 517 g/mol. The van der Waals surface area contributed by atoms with Gasteiger partial charge in [-0.15, -0.1) is 0 Å². The second kappa shape index (κ2) is 11.1. The molecule has 7 heteroatoms. The quantitative estimate of drug-likeness (QED) is 0.296. The molecule has 7 nitrogen and oxygen atoms in total. The molecule has 0 N–H and O–H groups in total. The van der Waals surface area contributed by atoms with Crippen molar-refractivity contribution in [2.45, 2.75) is 25.7 Å². The van der Waals surface area contributed by atoms with Gasteiger partial charge in [0, 0.05) is 32.6 Å². The number of hydrogen-bond acceptors (Lipinski definition) is 5. The number of amides is 1. The third-order valence-electron chi connectivity index (χ3n) is 7.46. The van der Waals surface area contributed by atoms with Gasteiger partial charge in [-0.3, -0.25) is 4.79 Å². The lowest BCUT2D eigenvalue weighted by Crippen LogP contribution is -2.50. The third-order valence-corrected chi connectivity index (χ3v) is 7.46. The van der Waals surface area contributed by atoms with Crippen LogP contribution in [-0.4, -0.2) is 56.7 Å². The second-order valence-electron chi connectivity index (χ2n) is 9.94. The fourth-order valence-electron chi connectivity index (χ4n) is 5.39. The summed E-state index contributed by atoms with van der Waals surface area (Å²) in [6.07, 6.45) is 3.29. The topological polar surface area (TPSA) is 67.2 Å². The second-order valence-corrected chi connectivity index (χ2v) is 9.94. The highest BCUT2D eigenvalue weighted by Gasteiger charge is 2.29. The molecule has 39 heavy (non-hydrogen) atoms. The van der Waals surface area contributed by atoms with Crippen molar-refractivity contribution in [3.8, 4) is 5.69 Å². The smallest absolute Gasteiger partial charge is 0.230 e. The maximum Gasteiger partial charge on any atom is 0.230 e. The van der Waals surface area contributed by atoms with Crippen molar-refractivity contribution >= 4 is 22.8 Å². The first-order valence-electron chi connectivity index (χ1n) is 13.6. The van der Waals surface area contributed by atoms with Gasteiger partial charge in [0.1, 0.15) is 11.6 Å². The Kier molecular flexibility index (Phi) is 7.04. The lowest BCUT2D eigenvalue weighted by Gasteiger charge is -2.37. The summed E-state index contributed by atoms with van der Waals surface area (Å²) in [6.45, 7) is 4.83. The van der Waals surface area contributed by atoms with E-state index >= 15 is 0 Å². The van der Waals surface area contributed by atoms with Crippen molar-refractivity contribution < 1.29 is 4.79 Å². The number of benzene rings is 3. The lowest BCUT2D eigenvalue weighted by molar-refractivity contribution is -0.133. The van der Waals surface area contributed by atoms with Crippen LogP contribution in [0, 0.1) is 0 Å². The van der Waals surface area contributed by atoms with Crippen LogP contribution in [0.5, 0.6) is 0 Å². The Morgan fingerprint density at radius 2 is 1.46 bits per heavy atom. The molecule has 1 aliphatic rings. The van der Waals surface area contributed by atoms with Crippen LogP contribution in [0.3, 0.4) is 0 Å². The van der Waals surface area contributed by atoms with E-state index in [9.17, 15) is 4.79 Å². The molecule has 1 aliphatic heterocycles. The standard InChI is InChI=1S/C32H32N6O/c1-2-27(25-14-8-4-9-15-25)32(39)37-20-18-36(19-21-37)30-28-23-33-38(26-16-10-5-11-17-26)31(28)35-29(34-30)22-24-12-6-3-7-13-24/h3-17,23,27H,2,18-22H2,1H3. The first-order valence-corrected chi connectivity index (χ1v) is 13.6. The van der Waals surface area contributed by atoms with E-state index in [1.165, 1.54) is 0 Å². The molecule has 0 saturated carbocycles. The van der Waals surface area contributed by atoms with E-state index in [1.54, 1.807) is 0 Å². The van der Waals surface area contributed by atoms with Crippen molar-refractivity contribution in [2.24, 2.45) is 0 Å². The molecule has 0 aliphatic carbocycles. The number of aromatic nitrogens is 4. The predicted octanol–water partition coefficient (Wildman–Crippen LogP) is 5.25. The van der Waals surface area contributed by atoms with E-state index in [2.05, 4.69) is 36.1 Å². The normalized spacial score (nSPS) is 14.5. The molecule has 1 amide bonds. The van der Waals surface area contributed by atoms with Gasteiger partial charge in [0.15, 0.2) is 5.65 Å². The number of piperazine rings is 1. The van der Waals surface area contributed by atoms with E-state index in [1.807, 2.05) is 82.5 Å². The lowest BCUT2D eigenvalue weighted by atomic mass is 9.95. The SMILES string of the molecule is CCC(C(=O)N1CCN(c2nc(Cc3ccccc3)nc3c2cnn3-c2ccccc2)CC1)c1ccccc1. The highest BCUT2D eigenvalue weighted by atomic mass is 16.2. The fraction of sp³-hybridized carbons (Fsp3) is 0.250. The molecule has 1 atom stereocenters. The molecule has 1 saturated heterocycles. The summed E-state index contributed by atoms with van der Waals surface area (Å²) in [6, 6.07) is 30.5. The van der Waals surface area contributed by atoms with Crippen LogP contribution in [0.25, 0.3) is 16.7 Å². The van der Waals surface area contributed by atoms with Crippen LogP contribution in [0.1, 0.15) is 36.2 Å². The number of rotatable bonds is 7. The minimum absolute atomic E-state index is 0.106. The van der Waals surface area contributed by atoms with E-state index in [4.69, 9.17) is 15.1 Å². The largest absolute Gasteiger partial charge is 0.352 e. The number of nitrogens with zero attached hydrogens (tertiary/aromatic N) is 6. The minimum Gasteiger partial charge on any atom is -0.352 e. The molecule has 0 spiro atoms. The summed E-state index contributed by atoms with van der Waals surface area (Å²) >= 11 is 0. The maximum absolute atomic E-state index is 13.5. The summed E-state index contributed by atoms with van der Waals surface area (Å²) in [5, 5.41) is 5.63. The van der Waals surface area contributed by atoms with E-state index < -0.39 is 0 Å². The van der Waals surface area contributed by atoms with Crippen LogP contribution in [0.4, 0.5) is 5.82 Å². The van der Waals surface area contributed by atoms with Crippen molar-refractivity contribution in [3.05, 3.63) is 114 Å². The minimum atomic E-state index is -0.106. The predicted molar refractivity (Wildman–Crippen MR) is 154 cm³/mol. The first-order chi connectivity index (χ1) is 19.2. The highest BCUT2D eigenvalue weighted by molar-refractivity contribution is 5.88. The molecule has 1 fully saturated rings. The molecule has 3 heterocycles. The number of carbonyl (C=O) groups is 1. The Bertz CT molecular complexity index is 1540. The summed E-state index contributed by atoms with van der Waals surface area (Å²) in [7, 11) is 0. The number of hydrogen-bond donors (Lipinski definition) is 0. The Hall–Kier alpha value is -4.52. The zero-order valence-electron chi connectivity index (χ0n) is 22.1. The first kappa shape index (κ1) is 24.8. The van der Waals surface area contributed by atoms with Gasteiger partial charge >= 0.3 is 0 Å². The van der Waals surface area contributed by atoms with Gasteiger partial charge in [-0.2, -0.15) is 5.10 Å². The number of para-hydroxylation sites is 1. The molecule has 2 aromatic heterocycles. The van der Waals surface area contributed by atoms with Crippen molar-refractivity contribution in [1.29, 1.82) is 0 Å². The van der Waals surface area contributed by atoms with E-state index in [0.29, 0.717) is 32.6 Å². The zero-order valence-corrected chi connectivity index (χ0v) is 22.1. The third kappa shape index (κ3) is 5.12. The van der Waals surface area contributed by atoms with Gasteiger partial charge in [-0.25, -0.2) is 14.6 Å². The Morgan fingerprint density at radius 3 is 2.13 bits per heavy atom. The molecule has 196 valence electrons. The molecular weight excluding hydrogens is 484 g/mol. The van der Waals surface area contributed by atoms with Gasteiger partial charge in [0.2, 0.25) is 5.91 Å².